The van der Waals surface area contributed by atoms with E-state index in [4.69, 9.17) is 49.0 Å². The van der Waals surface area contributed by atoms with E-state index in [0.717, 1.165) is 14.6 Å². The summed E-state index contributed by atoms with van der Waals surface area (Å²) >= 11 is 20.1. The summed E-state index contributed by atoms with van der Waals surface area (Å²) < 4.78 is 14.8. The number of nitrogens with zero attached hydrogens (tertiary/aromatic N) is 1. The van der Waals surface area contributed by atoms with Gasteiger partial charge in [-0.1, -0.05) is 58.7 Å². The van der Waals surface area contributed by atoms with Gasteiger partial charge in [0.1, 0.15) is 12.3 Å². The highest BCUT2D eigenvalue weighted by Crippen LogP contribution is 2.34. The lowest BCUT2D eigenvalue weighted by atomic mass is 10.0. The maximum absolute atomic E-state index is 12.9. The summed E-state index contributed by atoms with van der Waals surface area (Å²) in [6.45, 7) is -0.478. The number of aromatic nitrogens is 2. The molecule has 0 bridgehead atoms. The molecule has 188 valence electrons. The number of thioether (sulfide) groups is 1. The van der Waals surface area contributed by atoms with Gasteiger partial charge in [0.25, 0.3) is 0 Å². The maximum Gasteiger partial charge on any atom is 0.355 e. The van der Waals surface area contributed by atoms with Crippen molar-refractivity contribution in [1.29, 1.82) is 0 Å². The van der Waals surface area contributed by atoms with Gasteiger partial charge in [0.05, 0.1) is 30.9 Å². The molecule has 0 saturated heterocycles. The van der Waals surface area contributed by atoms with E-state index in [9.17, 15) is 14.4 Å². The Morgan fingerprint density at radius 3 is 2.46 bits per heavy atom. The minimum Gasteiger partial charge on any atom is -0.469 e. The largest absolute Gasteiger partial charge is 0.469 e. The van der Waals surface area contributed by atoms with Crippen LogP contribution < -0.4 is 0 Å². The van der Waals surface area contributed by atoms with Crippen molar-refractivity contribution in [2.45, 2.75) is 33.1 Å². The number of hydrogen-bond acceptors (Lipinski definition) is 9. The SMILES string of the molecule is COC(=O)CCc1c(C(=O)OCC(Cl)(Cl)Cl)[nH]c(CSc2nc3ccccc3s2)c1CC(=O)OC. The number of para-hydroxylation sites is 1. The Labute approximate surface area is 224 Å². The highest BCUT2D eigenvalue weighted by atomic mass is 35.6. The minimum absolute atomic E-state index is 0.0162. The van der Waals surface area contributed by atoms with Crippen LogP contribution in [-0.2, 0) is 42.4 Å². The van der Waals surface area contributed by atoms with Crippen LogP contribution in [0.5, 0.6) is 0 Å². The molecule has 0 aliphatic heterocycles. The number of fused-ring (bicyclic) bond motifs is 1. The summed E-state index contributed by atoms with van der Waals surface area (Å²) in [4.78, 5) is 44.5. The molecule has 1 N–H and O–H groups in total. The number of hydrogen-bond donors (Lipinski definition) is 1. The van der Waals surface area contributed by atoms with E-state index in [1.165, 1.54) is 37.3 Å². The third-order valence-corrected chi connectivity index (χ3v) is 7.38. The van der Waals surface area contributed by atoms with E-state index in [-0.39, 0.29) is 25.0 Å². The van der Waals surface area contributed by atoms with Crippen molar-refractivity contribution < 1.29 is 28.6 Å². The molecule has 8 nitrogen and oxygen atoms in total. The van der Waals surface area contributed by atoms with E-state index in [0.29, 0.717) is 22.6 Å². The number of methoxy groups -OCH3 is 2. The Morgan fingerprint density at radius 1 is 1.09 bits per heavy atom. The molecule has 0 spiro atoms. The number of nitrogens with one attached hydrogen (secondary N) is 1. The van der Waals surface area contributed by atoms with Crippen LogP contribution in [0.2, 0.25) is 0 Å². The topological polar surface area (TPSA) is 108 Å². The van der Waals surface area contributed by atoms with Crippen LogP contribution in [0.1, 0.15) is 33.7 Å². The second-order valence-electron chi connectivity index (χ2n) is 7.19. The highest BCUT2D eigenvalue weighted by molar-refractivity contribution is 8.00. The van der Waals surface area contributed by atoms with Crippen LogP contribution in [0.3, 0.4) is 0 Å². The van der Waals surface area contributed by atoms with E-state index < -0.39 is 28.3 Å². The molecule has 35 heavy (non-hydrogen) atoms. The zero-order valence-electron chi connectivity index (χ0n) is 18.7. The second kappa shape index (κ2) is 12.3. The number of carbonyl (C=O) groups excluding carboxylic acids is 3. The van der Waals surface area contributed by atoms with Gasteiger partial charge in [-0.25, -0.2) is 9.78 Å². The average Bonchev–Trinajstić information content (AvgIpc) is 3.39. The second-order valence-corrected chi connectivity index (χ2v) is 12.0. The number of rotatable bonds is 10. The Kier molecular flexibility index (Phi) is 9.71. The fourth-order valence-corrected chi connectivity index (χ4v) is 5.45. The smallest absolute Gasteiger partial charge is 0.355 e. The molecular weight excluding hydrogens is 559 g/mol. The summed E-state index contributed by atoms with van der Waals surface area (Å²) in [6.07, 6.45) is -0.00575. The van der Waals surface area contributed by atoms with E-state index in [1.54, 1.807) is 0 Å². The Hall–Kier alpha value is -1.98. The van der Waals surface area contributed by atoms with Crippen molar-refractivity contribution in [3.05, 3.63) is 46.8 Å². The number of ether oxygens (including phenoxy) is 3. The molecule has 0 fully saturated rings. The first-order valence-corrected chi connectivity index (χ1v) is 13.1. The van der Waals surface area contributed by atoms with Crippen LogP contribution in [-0.4, -0.2) is 52.5 Å². The normalized spacial score (nSPS) is 11.5. The number of aromatic amines is 1. The molecular formula is C22H21Cl3N2O6S2. The lowest BCUT2D eigenvalue weighted by Gasteiger charge is -2.12. The summed E-state index contributed by atoms with van der Waals surface area (Å²) in [5, 5.41) is 0. The lowest BCUT2D eigenvalue weighted by molar-refractivity contribution is -0.140. The van der Waals surface area contributed by atoms with Crippen LogP contribution >= 0.6 is 57.9 Å². The van der Waals surface area contributed by atoms with E-state index in [1.807, 2.05) is 24.3 Å². The summed E-state index contributed by atoms with van der Waals surface area (Å²) in [7, 11) is 2.54. The predicted molar refractivity (Wildman–Crippen MR) is 137 cm³/mol. The number of esters is 3. The van der Waals surface area contributed by atoms with Crippen molar-refractivity contribution in [1.82, 2.24) is 9.97 Å². The number of carbonyl (C=O) groups is 3. The first-order chi connectivity index (χ1) is 16.6. The number of alkyl halides is 3. The summed E-state index contributed by atoms with van der Waals surface area (Å²) in [6, 6.07) is 7.77. The van der Waals surface area contributed by atoms with Gasteiger partial charge in [-0.15, -0.1) is 11.3 Å². The molecule has 3 aromatic rings. The summed E-state index contributed by atoms with van der Waals surface area (Å²) in [5.41, 5.74) is 2.53. The zero-order chi connectivity index (χ0) is 25.6. The summed E-state index contributed by atoms with van der Waals surface area (Å²) in [5.74, 6) is -1.38. The van der Waals surface area contributed by atoms with Gasteiger partial charge in [-0.2, -0.15) is 0 Å². The quantitative estimate of drug-likeness (QED) is 0.150. The van der Waals surface area contributed by atoms with Gasteiger partial charge in [0.2, 0.25) is 3.79 Å². The van der Waals surface area contributed by atoms with Crippen molar-refractivity contribution in [2.75, 3.05) is 20.8 Å². The van der Waals surface area contributed by atoms with Gasteiger partial charge < -0.3 is 19.2 Å². The molecule has 0 unspecified atom stereocenters. The molecule has 0 radical (unpaired) electrons. The molecule has 1 aromatic carbocycles. The fourth-order valence-electron chi connectivity index (χ4n) is 3.23. The molecule has 3 rings (SSSR count). The van der Waals surface area contributed by atoms with E-state index >= 15 is 0 Å². The van der Waals surface area contributed by atoms with Crippen molar-refractivity contribution in [2.24, 2.45) is 0 Å². The Bertz CT molecular complexity index is 1190. The van der Waals surface area contributed by atoms with Crippen molar-refractivity contribution >= 4 is 86.0 Å². The predicted octanol–water partition coefficient (Wildman–Crippen LogP) is 5.26. The molecule has 0 atom stereocenters. The monoisotopic (exact) mass is 578 g/mol. The van der Waals surface area contributed by atoms with Gasteiger partial charge in [0, 0.05) is 17.9 Å². The van der Waals surface area contributed by atoms with Crippen LogP contribution in [0.15, 0.2) is 28.6 Å². The number of thiazole rings is 1. The fraction of sp³-hybridized carbons (Fsp3) is 0.364. The lowest BCUT2D eigenvalue weighted by Crippen LogP contribution is -2.19. The third-order valence-electron chi connectivity index (χ3n) is 4.85. The highest BCUT2D eigenvalue weighted by Gasteiger charge is 2.28. The molecule has 0 amide bonds. The van der Waals surface area contributed by atoms with Gasteiger partial charge >= 0.3 is 17.9 Å². The van der Waals surface area contributed by atoms with Gasteiger partial charge in [-0.3, -0.25) is 9.59 Å². The average molecular weight is 580 g/mol. The maximum atomic E-state index is 12.9. The van der Waals surface area contributed by atoms with Crippen LogP contribution in [0.25, 0.3) is 10.2 Å². The molecule has 2 heterocycles. The third kappa shape index (κ3) is 7.75. The standard InChI is InChI=1S/C22H21Cl3N2O6S2/c1-31-17(28)8-7-12-13(9-18(29)32-2)15(26-19(12)20(30)33-11-22(23,24)25)10-34-21-27-14-5-3-4-6-16(14)35-21/h3-6,26H,7-11H2,1-2H3. The molecule has 2 aromatic heterocycles. The van der Waals surface area contributed by atoms with Gasteiger partial charge in [0.15, 0.2) is 4.34 Å². The molecule has 0 aliphatic carbocycles. The molecule has 0 saturated carbocycles. The zero-order valence-corrected chi connectivity index (χ0v) is 22.6. The van der Waals surface area contributed by atoms with Crippen molar-refractivity contribution in [3.8, 4) is 0 Å². The van der Waals surface area contributed by atoms with Crippen LogP contribution in [0, 0.1) is 0 Å². The molecule has 0 aliphatic rings. The first-order valence-electron chi connectivity index (χ1n) is 10.2. The number of H-pyrrole nitrogens is 1. The number of halogens is 3. The van der Waals surface area contributed by atoms with Gasteiger partial charge in [-0.05, 0) is 29.7 Å². The number of benzene rings is 1. The van der Waals surface area contributed by atoms with Crippen LogP contribution in [0.4, 0.5) is 0 Å². The van der Waals surface area contributed by atoms with Crippen molar-refractivity contribution in [3.63, 3.8) is 0 Å². The minimum atomic E-state index is -1.80. The Morgan fingerprint density at radius 2 is 1.80 bits per heavy atom. The first kappa shape index (κ1) is 27.6. The molecule has 13 heteroatoms. The van der Waals surface area contributed by atoms with E-state index in [2.05, 4.69) is 9.97 Å². The Balaban J connectivity index is 1.95.